The first kappa shape index (κ1) is 32.6. The van der Waals surface area contributed by atoms with Crippen LogP contribution >= 0.6 is 0 Å². The minimum Gasteiger partial charge on any atom is 3.00 e. The number of benzene rings is 3. The number of rotatable bonds is 0. The van der Waals surface area contributed by atoms with Gasteiger partial charge < -0.3 is 0 Å². The van der Waals surface area contributed by atoms with Crippen molar-refractivity contribution >= 4 is 94.1 Å². The van der Waals surface area contributed by atoms with E-state index in [-0.39, 0.29) is 19.5 Å². The molecule has 3 heterocycles. The SMILES string of the molecule is Cc1cc(C)c2cccc([Se-])c2n1.Cc1cc(C)c2cccc([Se-])c2n1.Cc1cc(C)c2cccc([Se-])c2n1.[Rh+3]. The van der Waals surface area contributed by atoms with Crippen LogP contribution in [0.2, 0.25) is 0 Å². The summed E-state index contributed by atoms with van der Waals surface area (Å²) in [5.74, 6) is 0. The average Bonchev–Trinajstić information content (AvgIpc) is 2.87. The van der Waals surface area contributed by atoms with Gasteiger partial charge in [0.2, 0.25) is 0 Å². The van der Waals surface area contributed by atoms with Gasteiger partial charge in [0, 0.05) is 0 Å². The van der Waals surface area contributed by atoms with Gasteiger partial charge in [-0.05, 0) is 0 Å². The molecule has 3 aromatic carbocycles. The molecule has 0 N–H and O–H groups in total. The molecule has 0 bridgehead atoms. The molecule has 0 fully saturated rings. The van der Waals surface area contributed by atoms with Crippen LogP contribution in [-0.2, 0) is 19.5 Å². The standard InChI is InChI=1S/3C11H11NSe.Rh/c3*1-7-6-8(2)12-11-9(7)4-3-5-10(11)13;/h3*3-6,13H,1-2H3;/q;;;+3/p-3. The first-order chi connectivity index (χ1) is 18.5. The summed E-state index contributed by atoms with van der Waals surface area (Å²) in [5.41, 5.74) is 10.4. The second kappa shape index (κ2) is 14.3. The van der Waals surface area contributed by atoms with Crippen molar-refractivity contribution in [2.75, 3.05) is 0 Å². The van der Waals surface area contributed by atoms with Gasteiger partial charge in [-0.1, -0.05) is 0 Å². The van der Waals surface area contributed by atoms with E-state index in [4.69, 9.17) is 0 Å². The first-order valence-corrected chi connectivity index (χ1v) is 15.2. The van der Waals surface area contributed by atoms with E-state index in [1.807, 2.05) is 39.0 Å². The third-order valence-electron chi connectivity index (χ3n) is 6.41. The molecule has 40 heavy (non-hydrogen) atoms. The van der Waals surface area contributed by atoms with Crippen LogP contribution in [0.1, 0.15) is 33.8 Å². The molecular formula is C33H30N3RhSe3. The predicted molar refractivity (Wildman–Crippen MR) is 170 cm³/mol. The van der Waals surface area contributed by atoms with Crippen molar-refractivity contribution in [1.29, 1.82) is 0 Å². The monoisotopic (exact) mass is 811 g/mol. The fourth-order valence-corrected chi connectivity index (χ4v) is 6.14. The predicted octanol–water partition coefficient (Wildman–Crippen LogP) is 4.93. The van der Waals surface area contributed by atoms with Gasteiger partial charge in [0.25, 0.3) is 0 Å². The molecule has 0 unspecified atom stereocenters. The molecule has 7 heteroatoms. The Balaban J connectivity index is 0.000000163. The van der Waals surface area contributed by atoms with Crippen LogP contribution in [0.3, 0.4) is 0 Å². The summed E-state index contributed by atoms with van der Waals surface area (Å²) in [6.45, 7) is 12.4. The molecular weight excluding hydrogens is 778 g/mol. The van der Waals surface area contributed by atoms with Crippen LogP contribution in [0.25, 0.3) is 32.7 Å². The van der Waals surface area contributed by atoms with E-state index in [0.29, 0.717) is 0 Å². The number of fused-ring (bicyclic) bond motifs is 3. The smallest absolute Gasteiger partial charge is 3.00 e. The summed E-state index contributed by atoms with van der Waals surface area (Å²) in [4.78, 5) is 13.5. The summed E-state index contributed by atoms with van der Waals surface area (Å²) in [6, 6.07) is 25.0. The van der Waals surface area contributed by atoms with Crippen molar-refractivity contribution in [3.8, 4) is 0 Å². The molecule has 0 atom stereocenters. The van der Waals surface area contributed by atoms with Crippen LogP contribution in [0.4, 0.5) is 0 Å². The zero-order valence-electron chi connectivity index (χ0n) is 23.3. The molecule has 0 aliphatic heterocycles. The number of aromatic nitrogens is 3. The van der Waals surface area contributed by atoms with Crippen LogP contribution in [0, 0.1) is 41.5 Å². The molecule has 3 aromatic heterocycles. The molecule has 0 aliphatic rings. The molecule has 0 spiro atoms. The Morgan fingerprint density at radius 1 is 0.425 bits per heavy atom. The summed E-state index contributed by atoms with van der Waals surface area (Å²) in [5, 5.41) is 3.71. The van der Waals surface area contributed by atoms with E-state index in [1.54, 1.807) is 0 Å². The van der Waals surface area contributed by atoms with Gasteiger partial charge >= 0.3 is 277 Å². The van der Waals surface area contributed by atoms with Crippen LogP contribution in [0.15, 0.2) is 72.8 Å². The maximum absolute atomic E-state index is 4.50. The van der Waals surface area contributed by atoms with Crippen LogP contribution in [0.5, 0.6) is 0 Å². The largest absolute Gasteiger partial charge is 3.00 e. The molecule has 6 aromatic rings. The number of aryl methyl sites for hydroxylation is 6. The van der Waals surface area contributed by atoms with Gasteiger partial charge in [0.1, 0.15) is 0 Å². The molecule has 0 radical (unpaired) electrons. The number of nitrogens with zero attached hydrogens (tertiary/aromatic N) is 3. The fraction of sp³-hybridized carbons (Fsp3) is 0.182. The van der Waals surface area contributed by atoms with Crippen LogP contribution < -0.4 is 13.4 Å². The van der Waals surface area contributed by atoms with Gasteiger partial charge in [-0.2, -0.15) is 0 Å². The molecule has 0 saturated carbocycles. The second-order valence-corrected chi connectivity index (χ2v) is 12.5. The molecule has 3 nitrogen and oxygen atoms in total. The Hall–Kier alpha value is -1.93. The molecule has 0 saturated heterocycles. The minimum absolute atomic E-state index is 0. The maximum atomic E-state index is 4.50. The van der Waals surface area contributed by atoms with E-state index in [9.17, 15) is 0 Å². The summed E-state index contributed by atoms with van der Waals surface area (Å²) in [7, 11) is 0. The van der Waals surface area contributed by atoms with Gasteiger partial charge in [0.05, 0.1) is 0 Å². The maximum Gasteiger partial charge on any atom is 3.00 e. The minimum atomic E-state index is 0. The van der Waals surface area contributed by atoms with E-state index in [1.165, 1.54) is 32.8 Å². The first-order valence-electron chi connectivity index (χ1n) is 12.7. The summed E-state index contributed by atoms with van der Waals surface area (Å²) < 4.78 is 3.39. The zero-order chi connectivity index (χ0) is 28.3. The van der Waals surface area contributed by atoms with Crippen LogP contribution in [-0.4, -0.2) is 63.0 Å². The van der Waals surface area contributed by atoms with Gasteiger partial charge in [-0.3, -0.25) is 0 Å². The summed E-state index contributed by atoms with van der Waals surface area (Å²) in [6.07, 6.45) is 0. The molecule has 6 rings (SSSR count). The van der Waals surface area contributed by atoms with Crippen molar-refractivity contribution in [1.82, 2.24) is 15.0 Å². The molecule has 0 aliphatic carbocycles. The van der Waals surface area contributed by atoms with Gasteiger partial charge in [-0.25, -0.2) is 0 Å². The van der Waals surface area contributed by atoms with Crippen molar-refractivity contribution in [2.24, 2.45) is 0 Å². The quantitative estimate of drug-likeness (QED) is 0.205. The Labute approximate surface area is 274 Å². The molecule has 204 valence electrons. The fourth-order valence-electron chi connectivity index (χ4n) is 4.67. The van der Waals surface area contributed by atoms with Crippen molar-refractivity contribution in [3.63, 3.8) is 0 Å². The van der Waals surface area contributed by atoms with Gasteiger partial charge in [-0.15, -0.1) is 0 Å². The Kier molecular flexibility index (Phi) is 11.7. The average molecular weight is 808 g/mol. The Morgan fingerprint density at radius 2 is 0.675 bits per heavy atom. The van der Waals surface area contributed by atoms with E-state index in [2.05, 4.69) is 138 Å². The molecule has 0 amide bonds. The van der Waals surface area contributed by atoms with E-state index >= 15 is 0 Å². The second-order valence-electron chi connectivity index (χ2n) is 9.70. The Morgan fingerprint density at radius 3 is 0.925 bits per heavy atom. The van der Waals surface area contributed by atoms with Crippen molar-refractivity contribution in [3.05, 3.63) is 107 Å². The van der Waals surface area contributed by atoms with Crippen molar-refractivity contribution < 1.29 is 19.5 Å². The van der Waals surface area contributed by atoms with E-state index in [0.717, 1.165) is 47.0 Å². The Bertz CT molecular complexity index is 1610. The third-order valence-corrected chi connectivity index (χ3v) is 8.49. The van der Waals surface area contributed by atoms with E-state index < -0.39 is 0 Å². The number of para-hydroxylation sites is 3. The number of hydrogen-bond donors (Lipinski definition) is 0. The third kappa shape index (κ3) is 7.67. The zero-order valence-corrected chi connectivity index (χ0v) is 30.1. The number of hydrogen-bond acceptors (Lipinski definition) is 3. The normalized spacial score (nSPS) is 10.3. The number of pyridine rings is 3. The topological polar surface area (TPSA) is 38.7 Å². The van der Waals surface area contributed by atoms with Gasteiger partial charge in [0.15, 0.2) is 0 Å². The summed E-state index contributed by atoms with van der Waals surface area (Å²) >= 11 is 9.11. The van der Waals surface area contributed by atoms with Crippen molar-refractivity contribution in [2.45, 2.75) is 41.5 Å².